The van der Waals surface area contributed by atoms with Crippen LogP contribution in [0.3, 0.4) is 0 Å². The maximum absolute atomic E-state index is 12.7. The first-order valence-corrected chi connectivity index (χ1v) is 12.7. The Bertz CT molecular complexity index is 1160. The minimum Gasteiger partial charge on any atom is -0.490 e. The summed E-state index contributed by atoms with van der Waals surface area (Å²) < 4.78 is 11.7. The van der Waals surface area contributed by atoms with Crippen LogP contribution in [0.2, 0.25) is 0 Å². The fourth-order valence-electron chi connectivity index (χ4n) is 3.36. The van der Waals surface area contributed by atoms with E-state index in [2.05, 4.69) is 20.8 Å². The summed E-state index contributed by atoms with van der Waals surface area (Å²) in [4.78, 5) is 25.1. The molecule has 0 aliphatic rings. The van der Waals surface area contributed by atoms with Crippen LogP contribution in [0.1, 0.15) is 40.9 Å². The number of hydrogen-bond acceptors (Lipinski definition) is 8. The van der Waals surface area contributed by atoms with Crippen LogP contribution in [0.25, 0.3) is 0 Å². The van der Waals surface area contributed by atoms with Gasteiger partial charge in [0.25, 0.3) is 5.91 Å². The number of ether oxygens (including phenoxy) is 2. The predicted octanol–water partition coefficient (Wildman–Crippen LogP) is 5.24. The minimum atomic E-state index is -0.334. The molecule has 0 saturated heterocycles. The number of benzene rings is 2. The van der Waals surface area contributed by atoms with E-state index >= 15 is 0 Å². The number of hydrogen-bond donors (Lipinski definition) is 2. The molecule has 0 saturated carbocycles. The zero-order valence-corrected chi connectivity index (χ0v) is 21.5. The average Bonchev–Trinajstić information content (AvgIpc) is 3.23. The van der Waals surface area contributed by atoms with E-state index in [9.17, 15) is 9.59 Å². The van der Waals surface area contributed by atoms with Crippen molar-refractivity contribution in [2.45, 2.75) is 39.0 Å². The van der Waals surface area contributed by atoms with Crippen LogP contribution in [0.4, 0.5) is 10.8 Å². The lowest BCUT2D eigenvalue weighted by atomic mass is 10.1. The van der Waals surface area contributed by atoms with Crippen molar-refractivity contribution in [2.75, 3.05) is 29.6 Å². The molecule has 0 atom stereocenters. The van der Waals surface area contributed by atoms with E-state index < -0.39 is 0 Å². The van der Waals surface area contributed by atoms with Gasteiger partial charge in [-0.25, -0.2) is 0 Å². The Morgan fingerprint density at radius 1 is 0.941 bits per heavy atom. The molecule has 2 amide bonds. The first kappa shape index (κ1) is 25.5. The molecule has 180 valence electrons. The molecule has 0 unspecified atom stereocenters. The molecule has 10 heteroatoms. The molecule has 2 aromatic carbocycles. The van der Waals surface area contributed by atoms with Crippen LogP contribution in [0.5, 0.6) is 11.5 Å². The Kier molecular flexibility index (Phi) is 8.89. The van der Waals surface area contributed by atoms with E-state index in [1.165, 1.54) is 23.1 Å². The standard InChI is InChI=1S/C24H28N4O4S2/c1-6-31-18-9-8-17(12-19(18)32-7-2)22(30)26-23-27-28-24(34-23)33-13-20(29)25-21-15(4)10-14(3)11-16(21)5/h8-12H,6-7,13H2,1-5H3,(H,25,29)(H,26,27,30). The second-order valence-corrected chi connectivity index (χ2v) is 9.67. The van der Waals surface area contributed by atoms with Crippen molar-refractivity contribution in [3.63, 3.8) is 0 Å². The first-order chi connectivity index (χ1) is 16.3. The van der Waals surface area contributed by atoms with E-state index in [-0.39, 0.29) is 17.6 Å². The number of amides is 2. The van der Waals surface area contributed by atoms with E-state index in [1.807, 2.05) is 46.8 Å². The molecule has 34 heavy (non-hydrogen) atoms. The van der Waals surface area contributed by atoms with Crippen LogP contribution in [0.15, 0.2) is 34.7 Å². The molecule has 1 aromatic heterocycles. The maximum Gasteiger partial charge on any atom is 0.257 e. The van der Waals surface area contributed by atoms with Gasteiger partial charge in [0.2, 0.25) is 11.0 Å². The molecule has 0 aliphatic carbocycles. The number of nitrogens with one attached hydrogen (secondary N) is 2. The van der Waals surface area contributed by atoms with Crippen molar-refractivity contribution in [1.82, 2.24) is 10.2 Å². The SMILES string of the molecule is CCOc1ccc(C(=O)Nc2nnc(SCC(=O)Nc3c(C)cc(C)cc3C)s2)cc1OCC. The van der Waals surface area contributed by atoms with Gasteiger partial charge < -0.3 is 14.8 Å². The van der Waals surface area contributed by atoms with Gasteiger partial charge in [0.05, 0.1) is 19.0 Å². The Morgan fingerprint density at radius 2 is 1.62 bits per heavy atom. The van der Waals surface area contributed by atoms with Crippen LogP contribution in [-0.2, 0) is 4.79 Å². The molecule has 0 bridgehead atoms. The van der Waals surface area contributed by atoms with E-state index in [4.69, 9.17) is 9.47 Å². The number of thioether (sulfide) groups is 1. The van der Waals surface area contributed by atoms with Crippen LogP contribution in [0, 0.1) is 20.8 Å². The summed E-state index contributed by atoms with van der Waals surface area (Å²) in [6.45, 7) is 10.7. The highest BCUT2D eigenvalue weighted by Gasteiger charge is 2.15. The van der Waals surface area contributed by atoms with E-state index in [0.717, 1.165) is 22.4 Å². The monoisotopic (exact) mass is 500 g/mol. The van der Waals surface area contributed by atoms with Crippen molar-refractivity contribution >= 4 is 45.7 Å². The second-order valence-electron chi connectivity index (χ2n) is 7.47. The minimum absolute atomic E-state index is 0.126. The third-order valence-corrected chi connectivity index (χ3v) is 6.67. The van der Waals surface area contributed by atoms with Gasteiger partial charge in [0.15, 0.2) is 15.8 Å². The highest BCUT2D eigenvalue weighted by Crippen LogP contribution is 2.30. The van der Waals surface area contributed by atoms with Crippen LogP contribution < -0.4 is 20.1 Å². The van der Waals surface area contributed by atoms with Gasteiger partial charge in [-0.05, 0) is 63.9 Å². The van der Waals surface area contributed by atoms with Crippen LogP contribution in [-0.4, -0.2) is 41.0 Å². The highest BCUT2D eigenvalue weighted by molar-refractivity contribution is 8.01. The average molecular weight is 501 g/mol. The third kappa shape index (κ3) is 6.71. The molecule has 8 nitrogen and oxygen atoms in total. The molecule has 0 radical (unpaired) electrons. The summed E-state index contributed by atoms with van der Waals surface area (Å²) in [6, 6.07) is 9.09. The number of rotatable bonds is 10. The van der Waals surface area contributed by atoms with Gasteiger partial charge in [0, 0.05) is 11.3 Å². The maximum atomic E-state index is 12.7. The van der Waals surface area contributed by atoms with Gasteiger partial charge in [0.1, 0.15) is 0 Å². The number of carbonyl (C=O) groups is 2. The summed E-state index contributed by atoms with van der Waals surface area (Å²) in [5.74, 6) is 0.824. The first-order valence-electron chi connectivity index (χ1n) is 10.9. The van der Waals surface area contributed by atoms with Crippen molar-refractivity contribution < 1.29 is 19.1 Å². The predicted molar refractivity (Wildman–Crippen MR) is 137 cm³/mol. The normalized spacial score (nSPS) is 10.6. The van der Waals surface area contributed by atoms with Gasteiger partial charge in [-0.1, -0.05) is 40.8 Å². The molecule has 0 aliphatic heterocycles. The number of aromatic nitrogens is 2. The number of anilines is 2. The van der Waals surface area contributed by atoms with E-state index in [0.29, 0.717) is 39.7 Å². The summed E-state index contributed by atoms with van der Waals surface area (Å²) in [5, 5.41) is 14.1. The molecule has 2 N–H and O–H groups in total. The molecule has 0 spiro atoms. The lowest BCUT2D eigenvalue weighted by Crippen LogP contribution is -2.15. The second kappa shape index (κ2) is 11.8. The molecule has 0 fully saturated rings. The van der Waals surface area contributed by atoms with Gasteiger partial charge in [-0.2, -0.15) is 0 Å². The zero-order chi connectivity index (χ0) is 24.7. The Labute approximate surface area is 207 Å². The Morgan fingerprint density at radius 3 is 2.29 bits per heavy atom. The summed E-state index contributed by atoms with van der Waals surface area (Å²) in [6.07, 6.45) is 0. The third-order valence-electron chi connectivity index (χ3n) is 4.70. The summed E-state index contributed by atoms with van der Waals surface area (Å²) in [5.41, 5.74) is 4.46. The fourth-order valence-corrected chi connectivity index (χ4v) is 4.91. The molecule has 3 aromatic rings. The van der Waals surface area contributed by atoms with Crippen molar-refractivity contribution in [3.05, 3.63) is 52.6 Å². The Hall–Kier alpha value is -3.11. The largest absolute Gasteiger partial charge is 0.490 e. The number of carbonyl (C=O) groups excluding carboxylic acids is 2. The quantitative estimate of drug-likeness (QED) is 0.290. The van der Waals surface area contributed by atoms with Crippen LogP contribution >= 0.6 is 23.1 Å². The number of aryl methyl sites for hydroxylation is 3. The van der Waals surface area contributed by atoms with Gasteiger partial charge in [-0.15, -0.1) is 10.2 Å². The Balaban J connectivity index is 1.58. The smallest absolute Gasteiger partial charge is 0.257 e. The van der Waals surface area contributed by atoms with Crippen molar-refractivity contribution in [3.8, 4) is 11.5 Å². The number of nitrogens with zero attached hydrogens (tertiary/aromatic N) is 2. The summed E-state index contributed by atoms with van der Waals surface area (Å²) >= 11 is 2.48. The lowest BCUT2D eigenvalue weighted by Gasteiger charge is -2.12. The fraction of sp³-hybridized carbons (Fsp3) is 0.333. The van der Waals surface area contributed by atoms with Crippen molar-refractivity contribution in [1.29, 1.82) is 0 Å². The molecule has 3 rings (SSSR count). The topological polar surface area (TPSA) is 102 Å². The van der Waals surface area contributed by atoms with Gasteiger partial charge in [-0.3, -0.25) is 14.9 Å². The lowest BCUT2D eigenvalue weighted by molar-refractivity contribution is -0.113. The van der Waals surface area contributed by atoms with Gasteiger partial charge >= 0.3 is 0 Å². The molecular weight excluding hydrogens is 472 g/mol. The molecular formula is C24H28N4O4S2. The van der Waals surface area contributed by atoms with E-state index in [1.54, 1.807) is 18.2 Å². The van der Waals surface area contributed by atoms with Crippen molar-refractivity contribution in [2.24, 2.45) is 0 Å². The highest BCUT2D eigenvalue weighted by atomic mass is 32.2. The molecule has 1 heterocycles. The summed E-state index contributed by atoms with van der Waals surface area (Å²) in [7, 11) is 0. The zero-order valence-electron chi connectivity index (χ0n) is 19.9.